The van der Waals surface area contributed by atoms with Crippen LogP contribution in [0.1, 0.15) is 19.4 Å². The Bertz CT molecular complexity index is 532. The van der Waals surface area contributed by atoms with Gasteiger partial charge in [0.15, 0.2) is 11.0 Å². The van der Waals surface area contributed by atoms with Gasteiger partial charge >= 0.3 is 0 Å². The number of hydrogen-bond donors (Lipinski definition) is 0. The highest BCUT2D eigenvalue weighted by Crippen LogP contribution is 2.24. The summed E-state index contributed by atoms with van der Waals surface area (Å²) in [6, 6.07) is 8.36. The van der Waals surface area contributed by atoms with Crippen molar-refractivity contribution in [2.75, 3.05) is 5.75 Å². The molecule has 0 spiro atoms. The minimum Gasteiger partial charge on any atom is -0.305 e. The summed E-state index contributed by atoms with van der Waals surface area (Å²) in [6.45, 7) is 6.52. The van der Waals surface area contributed by atoms with E-state index in [1.54, 1.807) is 11.8 Å². The van der Waals surface area contributed by atoms with E-state index < -0.39 is 0 Å². The largest absolute Gasteiger partial charge is 0.305 e. The van der Waals surface area contributed by atoms with Crippen LogP contribution in [0, 0.1) is 12.8 Å². The molecule has 18 heavy (non-hydrogen) atoms. The van der Waals surface area contributed by atoms with Gasteiger partial charge in [-0.1, -0.05) is 49.4 Å². The van der Waals surface area contributed by atoms with Gasteiger partial charge in [0, 0.05) is 18.4 Å². The van der Waals surface area contributed by atoms with Gasteiger partial charge < -0.3 is 4.57 Å². The van der Waals surface area contributed by atoms with Crippen molar-refractivity contribution in [2.45, 2.75) is 25.9 Å². The molecule has 0 aliphatic heterocycles. The second kappa shape index (κ2) is 5.57. The van der Waals surface area contributed by atoms with Crippen LogP contribution < -0.4 is 0 Å². The van der Waals surface area contributed by atoms with E-state index >= 15 is 0 Å². The van der Waals surface area contributed by atoms with Crippen molar-refractivity contribution in [2.24, 2.45) is 13.0 Å². The molecular formula is C14H19N3S. The molecule has 0 amide bonds. The van der Waals surface area contributed by atoms with Gasteiger partial charge in [-0.25, -0.2) is 0 Å². The van der Waals surface area contributed by atoms with Gasteiger partial charge in [0.2, 0.25) is 0 Å². The molecule has 0 aliphatic rings. The molecule has 2 aromatic rings. The van der Waals surface area contributed by atoms with Gasteiger partial charge in [-0.15, -0.1) is 10.2 Å². The van der Waals surface area contributed by atoms with Crippen LogP contribution in [0.3, 0.4) is 0 Å². The van der Waals surface area contributed by atoms with Crippen molar-refractivity contribution in [3.8, 4) is 11.4 Å². The summed E-state index contributed by atoms with van der Waals surface area (Å²) in [5.74, 6) is 2.67. The third-order valence-electron chi connectivity index (χ3n) is 2.66. The lowest BCUT2D eigenvalue weighted by atomic mass is 10.1. The molecule has 0 saturated heterocycles. The summed E-state index contributed by atoms with van der Waals surface area (Å²) < 4.78 is 2.07. The van der Waals surface area contributed by atoms with Crippen molar-refractivity contribution in [1.82, 2.24) is 14.8 Å². The van der Waals surface area contributed by atoms with E-state index in [0.29, 0.717) is 5.92 Å². The third-order valence-corrected chi connectivity index (χ3v) is 4.10. The molecule has 4 heteroatoms. The number of aromatic nitrogens is 3. The molecule has 0 unspecified atom stereocenters. The topological polar surface area (TPSA) is 30.7 Å². The van der Waals surface area contributed by atoms with Gasteiger partial charge in [0.25, 0.3) is 0 Å². The molecule has 2 rings (SSSR count). The molecule has 0 atom stereocenters. The minimum absolute atomic E-state index is 0.661. The van der Waals surface area contributed by atoms with Crippen molar-refractivity contribution >= 4 is 11.8 Å². The van der Waals surface area contributed by atoms with E-state index in [9.17, 15) is 0 Å². The number of thioether (sulfide) groups is 1. The van der Waals surface area contributed by atoms with E-state index in [1.165, 1.54) is 5.56 Å². The third kappa shape index (κ3) is 2.93. The lowest BCUT2D eigenvalue weighted by Gasteiger charge is -2.05. The number of hydrogen-bond acceptors (Lipinski definition) is 3. The molecule has 0 bridgehead atoms. The SMILES string of the molecule is Cc1cccc(-c2nnc(SCC(C)C)n2C)c1. The first-order valence-corrected chi connectivity index (χ1v) is 7.15. The highest BCUT2D eigenvalue weighted by Gasteiger charge is 2.11. The fraction of sp³-hybridized carbons (Fsp3) is 0.429. The average molecular weight is 261 g/mol. The van der Waals surface area contributed by atoms with Crippen LogP contribution >= 0.6 is 11.8 Å². The lowest BCUT2D eigenvalue weighted by Crippen LogP contribution is -1.97. The Morgan fingerprint density at radius 1 is 1.28 bits per heavy atom. The predicted octanol–water partition coefficient (Wildman–Crippen LogP) is 3.54. The maximum Gasteiger partial charge on any atom is 0.191 e. The molecule has 0 fully saturated rings. The van der Waals surface area contributed by atoms with Gasteiger partial charge in [-0.3, -0.25) is 0 Å². The maximum atomic E-state index is 4.30. The number of benzene rings is 1. The van der Waals surface area contributed by atoms with Gasteiger partial charge in [-0.2, -0.15) is 0 Å². The first kappa shape index (κ1) is 13.1. The molecule has 0 radical (unpaired) electrons. The number of nitrogens with zero attached hydrogens (tertiary/aromatic N) is 3. The van der Waals surface area contributed by atoms with Crippen LogP contribution in [0.4, 0.5) is 0 Å². The predicted molar refractivity (Wildman–Crippen MR) is 76.7 cm³/mol. The van der Waals surface area contributed by atoms with Crippen molar-refractivity contribution in [1.29, 1.82) is 0 Å². The van der Waals surface area contributed by atoms with E-state index in [1.807, 2.05) is 7.05 Å². The lowest BCUT2D eigenvalue weighted by molar-refractivity contribution is 0.739. The Morgan fingerprint density at radius 3 is 2.72 bits per heavy atom. The standard InChI is InChI=1S/C14H19N3S/c1-10(2)9-18-14-16-15-13(17(14)4)12-7-5-6-11(3)8-12/h5-8,10H,9H2,1-4H3. The average Bonchev–Trinajstić information content (AvgIpc) is 2.68. The second-order valence-corrected chi connectivity index (χ2v) is 5.93. The van der Waals surface area contributed by atoms with E-state index in [2.05, 4.69) is 59.8 Å². The van der Waals surface area contributed by atoms with Crippen LogP contribution in [0.15, 0.2) is 29.4 Å². The van der Waals surface area contributed by atoms with Crippen LogP contribution in [0.2, 0.25) is 0 Å². The summed E-state index contributed by atoms with van der Waals surface area (Å²) in [5.41, 5.74) is 2.37. The Morgan fingerprint density at radius 2 is 2.06 bits per heavy atom. The highest BCUT2D eigenvalue weighted by atomic mass is 32.2. The quantitative estimate of drug-likeness (QED) is 0.789. The summed E-state index contributed by atoms with van der Waals surface area (Å²) in [5, 5.41) is 9.55. The van der Waals surface area contributed by atoms with Crippen LogP contribution in [-0.4, -0.2) is 20.5 Å². The first-order chi connectivity index (χ1) is 8.58. The molecule has 1 heterocycles. The van der Waals surface area contributed by atoms with Gasteiger partial charge in [-0.05, 0) is 18.9 Å². The Hall–Kier alpha value is -1.29. The molecule has 0 aliphatic carbocycles. The molecule has 1 aromatic carbocycles. The fourth-order valence-corrected chi connectivity index (χ4v) is 2.58. The first-order valence-electron chi connectivity index (χ1n) is 6.17. The Balaban J connectivity index is 2.25. The number of aryl methyl sites for hydroxylation is 1. The van der Waals surface area contributed by atoms with E-state index in [4.69, 9.17) is 0 Å². The Kier molecular flexibility index (Phi) is 4.07. The van der Waals surface area contributed by atoms with Gasteiger partial charge in [0.1, 0.15) is 0 Å². The highest BCUT2D eigenvalue weighted by molar-refractivity contribution is 7.99. The zero-order valence-corrected chi connectivity index (χ0v) is 12.2. The summed E-state index contributed by atoms with van der Waals surface area (Å²) in [4.78, 5) is 0. The molecular weight excluding hydrogens is 242 g/mol. The smallest absolute Gasteiger partial charge is 0.191 e. The molecule has 1 aromatic heterocycles. The van der Waals surface area contributed by atoms with Crippen molar-refractivity contribution in [3.63, 3.8) is 0 Å². The van der Waals surface area contributed by atoms with Crippen molar-refractivity contribution < 1.29 is 0 Å². The molecule has 0 N–H and O–H groups in total. The fourth-order valence-electron chi connectivity index (χ4n) is 1.72. The zero-order chi connectivity index (χ0) is 13.1. The van der Waals surface area contributed by atoms with E-state index in [-0.39, 0.29) is 0 Å². The zero-order valence-electron chi connectivity index (χ0n) is 11.3. The van der Waals surface area contributed by atoms with Crippen LogP contribution in [0.25, 0.3) is 11.4 Å². The molecule has 96 valence electrons. The molecule has 0 saturated carbocycles. The Labute approximate surface area is 113 Å². The van der Waals surface area contributed by atoms with Gasteiger partial charge in [0.05, 0.1) is 0 Å². The maximum absolute atomic E-state index is 4.30. The summed E-state index contributed by atoms with van der Waals surface area (Å²) in [7, 11) is 2.03. The minimum atomic E-state index is 0.661. The molecule has 3 nitrogen and oxygen atoms in total. The van der Waals surface area contributed by atoms with Crippen LogP contribution in [-0.2, 0) is 7.05 Å². The summed E-state index contributed by atoms with van der Waals surface area (Å²) >= 11 is 1.76. The van der Waals surface area contributed by atoms with Crippen LogP contribution in [0.5, 0.6) is 0 Å². The normalized spacial score (nSPS) is 11.2. The number of rotatable bonds is 4. The monoisotopic (exact) mass is 261 g/mol. The summed E-state index contributed by atoms with van der Waals surface area (Å²) in [6.07, 6.45) is 0. The van der Waals surface area contributed by atoms with Crippen molar-refractivity contribution in [3.05, 3.63) is 29.8 Å². The second-order valence-electron chi connectivity index (χ2n) is 4.94. The van der Waals surface area contributed by atoms with E-state index in [0.717, 1.165) is 22.3 Å².